The summed E-state index contributed by atoms with van der Waals surface area (Å²) in [5.41, 5.74) is 6.61. The average Bonchev–Trinajstić information content (AvgIpc) is 3.50. The molecule has 8 rings (SSSR count). The molecule has 4 saturated carbocycles. The largest absolute Gasteiger partial charge is 0.494 e. The second-order valence-corrected chi connectivity index (χ2v) is 14.4. The van der Waals surface area contributed by atoms with Gasteiger partial charge in [0.05, 0.1) is 29.5 Å². The Labute approximate surface area is 288 Å². The van der Waals surface area contributed by atoms with E-state index in [1.54, 1.807) is 37.3 Å². The number of benzene rings is 2. The number of carbonyl (C=O) groups excluding carboxylic acids is 2. The summed E-state index contributed by atoms with van der Waals surface area (Å²) in [7, 11) is 2.91. The molecule has 50 heavy (non-hydrogen) atoms. The number of nitrogens with two attached hydrogens (primary N) is 1. The molecule has 2 amide bonds. The highest BCUT2D eigenvalue weighted by molar-refractivity contribution is 6.01. The molecule has 2 aromatic carbocycles. The molecule has 4 aliphatic carbocycles. The minimum Gasteiger partial charge on any atom is -0.494 e. The summed E-state index contributed by atoms with van der Waals surface area (Å²) in [5.74, 6) is 0.828. The lowest BCUT2D eigenvalue weighted by Gasteiger charge is -2.61. The number of rotatable bonds is 9. The maximum absolute atomic E-state index is 14.1. The van der Waals surface area contributed by atoms with Crippen LogP contribution >= 0.6 is 0 Å². The quantitative estimate of drug-likeness (QED) is 0.187. The molecule has 6 N–H and O–H groups in total. The van der Waals surface area contributed by atoms with Gasteiger partial charge in [0, 0.05) is 50.2 Å². The number of amides is 2. The lowest BCUT2D eigenvalue weighted by atomic mass is 9.47. The zero-order valence-corrected chi connectivity index (χ0v) is 28.4. The molecule has 11 nitrogen and oxygen atoms in total. The SMILES string of the molecule is CNC(=O)c1cccc(C)c1Nc1nc(Nc2ccc(NC(=O)[C@]34CC5CC(C3)[C@@H](N3CC[C@H](N)C3)C(C5)C4)cc2OC)ncc1C(F)(F)F. The number of nitrogens with one attached hydrogen (secondary N) is 4. The summed E-state index contributed by atoms with van der Waals surface area (Å²) in [6.07, 6.45) is 1.98. The average molecular weight is 693 g/mol. The fourth-order valence-corrected chi connectivity index (χ4v) is 9.24. The molecular weight excluding hydrogens is 649 g/mol. The van der Waals surface area contributed by atoms with Crippen LogP contribution in [0, 0.1) is 30.1 Å². The number of ether oxygens (including phenoxy) is 1. The van der Waals surface area contributed by atoms with Crippen LogP contribution in [0.4, 0.5) is 42.0 Å². The van der Waals surface area contributed by atoms with Crippen LogP contribution in [0.15, 0.2) is 42.6 Å². The van der Waals surface area contributed by atoms with Crippen molar-refractivity contribution in [1.29, 1.82) is 0 Å². The van der Waals surface area contributed by atoms with Crippen molar-refractivity contribution in [3.8, 4) is 5.75 Å². The van der Waals surface area contributed by atoms with E-state index in [-0.39, 0.29) is 29.1 Å². The zero-order valence-electron chi connectivity index (χ0n) is 28.4. The van der Waals surface area contributed by atoms with E-state index in [4.69, 9.17) is 10.5 Å². The van der Waals surface area contributed by atoms with Gasteiger partial charge in [-0.05, 0) is 87.0 Å². The van der Waals surface area contributed by atoms with E-state index in [0.717, 1.165) is 38.8 Å². The molecule has 2 heterocycles. The highest BCUT2D eigenvalue weighted by Gasteiger charge is 2.59. The van der Waals surface area contributed by atoms with E-state index in [2.05, 4.69) is 36.1 Å². The molecule has 3 aromatic rings. The Bertz CT molecular complexity index is 1790. The molecule has 3 atom stereocenters. The van der Waals surface area contributed by atoms with Gasteiger partial charge in [0.2, 0.25) is 11.9 Å². The molecule has 5 aliphatic rings. The van der Waals surface area contributed by atoms with Crippen molar-refractivity contribution in [2.45, 2.75) is 63.7 Å². The molecule has 2 unspecified atom stereocenters. The summed E-state index contributed by atoms with van der Waals surface area (Å²) < 4.78 is 47.8. The van der Waals surface area contributed by atoms with Gasteiger partial charge in [-0.2, -0.15) is 18.2 Å². The first-order valence-electron chi connectivity index (χ1n) is 17.2. The molecule has 14 heteroatoms. The Morgan fingerprint density at radius 3 is 2.50 bits per heavy atom. The topological polar surface area (TPSA) is 147 Å². The predicted molar refractivity (Wildman–Crippen MR) is 184 cm³/mol. The third kappa shape index (κ3) is 6.34. The van der Waals surface area contributed by atoms with Crippen molar-refractivity contribution in [1.82, 2.24) is 20.2 Å². The lowest BCUT2D eigenvalue weighted by Crippen LogP contribution is -2.61. The molecule has 1 aromatic heterocycles. The Hall–Kier alpha value is -4.43. The van der Waals surface area contributed by atoms with E-state index in [9.17, 15) is 22.8 Å². The van der Waals surface area contributed by atoms with Gasteiger partial charge in [0.1, 0.15) is 17.1 Å². The maximum Gasteiger partial charge on any atom is 0.421 e. The predicted octanol–water partition coefficient (Wildman–Crippen LogP) is 5.83. The van der Waals surface area contributed by atoms with E-state index in [0.29, 0.717) is 52.7 Å². The first kappa shape index (κ1) is 34.0. The molecule has 5 fully saturated rings. The Kier molecular flexibility index (Phi) is 8.87. The molecule has 266 valence electrons. The first-order valence-corrected chi connectivity index (χ1v) is 17.2. The number of anilines is 5. The van der Waals surface area contributed by atoms with Crippen molar-refractivity contribution in [2.75, 3.05) is 43.2 Å². The first-order chi connectivity index (χ1) is 23.9. The van der Waals surface area contributed by atoms with Crippen molar-refractivity contribution in [2.24, 2.45) is 28.9 Å². The fraction of sp³-hybridized carbons (Fsp3) is 0.500. The van der Waals surface area contributed by atoms with Crippen LogP contribution in [0.2, 0.25) is 0 Å². The second kappa shape index (κ2) is 13.0. The van der Waals surface area contributed by atoms with Gasteiger partial charge in [0.15, 0.2) is 0 Å². The minimum absolute atomic E-state index is 0.0327. The van der Waals surface area contributed by atoms with Crippen LogP contribution in [-0.4, -0.2) is 66.0 Å². The van der Waals surface area contributed by atoms with Crippen molar-refractivity contribution in [3.05, 3.63) is 59.3 Å². The monoisotopic (exact) mass is 692 g/mol. The summed E-state index contributed by atoms with van der Waals surface area (Å²) in [4.78, 5) is 37.2. The summed E-state index contributed by atoms with van der Waals surface area (Å²) >= 11 is 0. The van der Waals surface area contributed by atoms with Gasteiger partial charge in [-0.15, -0.1) is 0 Å². The van der Waals surface area contributed by atoms with Crippen LogP contribution in [0.5, 0.6) is 5.75 Å². The number of carbonyl (C=O) groups is 2. The number of hydrogen-bond acceptors (Lipinski definition) is 9. The summed E-state index contributed by atoms with van der Waals surface area (Å²) in [6.45, 7) is 3.67. The normalized spacial score (nSPS) is 27.2. The third-order valence-electron chi connectivity index (χ3n) is 11.2. The Balaban J connectivity index is 1.09. The molecule has 4 bridgehead atoms. The van der Waals surface area contributed by atoms with E-state index in [1.165, 1.54) is 33.1 Å². The van der Waals surface area contributed by atoms with Crippen molar-refractivity contribution < 1.29 is 27.5 Å². The summed E-state index contributed by atoms with van der Waals surface area (Å²) in [6, 6.07) is 10.7. The standard InChI is InChI=1S/C36H43F3N8O3/c1-19-5-4-6-25(32(48)41-2)29(19)45-31-26(36(37,38)39)17-42-34(46-31)44-27-8-7-24(13-28(27)50-3)43-33(49)35-14-20-11-21(15-35)30(22(12-20)16-35)47-10-9-23(40)18-47/h4-8,13,17,20-23,30H,9-12,14-16,18,40H2,1-3H3,(H,41,48)(H,43,49)(H2,42,44,45,46)/t20?,21?,22?,23-,30-,35-/m0/s1. The number of methoxy groups -OCH3 is 1. The number of likely N-dealkylation sites (tertiary alicyclic amines) is 1. The van der Waals surface area contributed by atoms with Gasteiger partial charge < -0.3 is 31.7 Å². The second-order valence-electron chi connectivity index (χ2n) is 14.4. The zero-order chi connectivity index (χ0) is 35.4. The maximum atomic E-state index is 14.1. The van der Waals surface area contributed by atoms with Crippen LogP contribution in [-0.2, 0) is 11.0 Å². The smallest absolute Gasteiger partial charge is 0.421 e. The van der Waals surface area contributed by atoms with Gasteiger partial charge in [-0.3, -0.25) is 14.5 Å². The van der Waals surface area contributed by atoms with E-state index in [1.807, 2.05) is 0 Å². The van der Waals surface area contributed by atoms with Crippen LogP contribution in [0.3, 0.4) is 0 Å². The number of aryl methyl sites for hydroxylation is 1. The van der Waals surface area contributed by atoms with E-state index < -0.39 is 28.9 Å². The van der Waals surface area contributed by atoms with Crippen molar-refractivity contribution >= 4 is 40.6 Å². The number of para-hydroxylation sites is 1. The number of aromatic nitrogens is 2. The third-order valence-corrected chi connectivity index (χ3v) is 11.2. The molecule has 1 saturated heterocycles. The lowest BCUT2D eigenvalue weighted by molar-refractivity contribution is -0.150. The Morgan fingerprint density at radius 1 is 1.08 bits per heavy atom. The molecule has 0 spiro atoms. The van der Waals surface area contributed by atoms with Gasteiger partial charge in [-0.1, -0.05) is 12.1 Å². The summed E-state index contributed by atoms with van der Waals surface area (Å²) in [5, 5.41) is 11.4. The van der Waals surface area contributed by atoms with Crippen LogP contribution in [0.25, 0.3) is 0 Å². The van der Waals surface area contributed by atoms with Crippen LogP contribution in [0.1, 0.15) is 60.0 Å². The van der Waals surface area contributed by atoms with Gasteiger partial charge >= 0.3 is 6.18 Å². The highest BCUT2D eigenvalue weighted by atomic mass is 19.4. The number of hydrogen-bond donors (Lipinski definition) is 5. The fourth-order valence-electron chi connectivity index (χ4n) is 9.24. The highest BCUT2D eigenvalue weighted by Crippen LogP contribution is 2.61. The molecule has 0 radical (unpaired) electrons. The van der Waals surface area contributed by atoms with Crippen molar-refractivity contribution in [3.63, 3.8) is 0 Å². The van der Waals surface area contributed by atoms with E-state index >= 15 is 0 Å². The number of nitrogens with zero attached hydrogens (tertiary/aromatic N) is 3. The van der Waals surface area contributed by atoms with Gasteiger partial charge in [-0.25, -0.2) is 4.98 Å². The number of halogens is 3. The molecular formula is C36H43F3N8O3. The van der Waals surface area contributed by atoms with Crippen LogP contribution < -0.4 is 31.7 Å². The number of alkyl halides is 3. The van der Waals surface area contributed by atoms with Gasteiger partial charge in [0.25, 0.3) is 5.91 Å². The Morgan fingerprint density at radius 2 is 1.84 bits per heavy atom. The minimum atomic E-state index is -4.77. The molecule has 1 aliphatic heterocycles.